The van der Waals surface area contributed by atoms with Crippen LogP contribution in [0, 0.1) is 0 Å². The zero-order valence-corrected chi connectivity index (χ0v) is 11.2. The van der Waals surface area contributed by atoms with Gasteiger partial charge in [-0.25, -0.2) is 4.79 Å². The molecule has 0 unspecified atom stereocenters. The summed E-state index contributed by atoms with van der Waals surface area (Å²) in [6.45, 7) is 2.11. The van der Waals surface area contributed by atoms with E-state index in [4.69, 9.17) is 14.2 Å². The molecule has 0 bridgehead atoms. The standard InChI is InChI=1S/C15H16O4/c1-4-19-15(16)13-7-5-10-9-11(17-2)6-8-12(10)14(13)18-3/h5-9H,4H2,1-3H3. The lowest BCUT2D eigenvalue weighted by Crippen LogP contribution is -2.07. The molecule has 0 fully saturated rings. The summed E-state index contributed by atoms with van der Waals surface area (Å²) >= 11 is 0. The van der Waals surface area contributed by atoms with E-state index in [-0.39, 0.29) is 5.97 Å². The Hall–Kier alpha value is -2.23. The van der Waals surface area contributed by atoms with E-state index >= 15 is 0 Å². The van der Waals surface area contributed by atoms with Gasteiger partial charge in [0.2, 0.25) is 0 Å². The molecule has 0 saturated heterocycles. The lowest BCUT2D eigenvalue weighted by Gasteiger charge is -2.11. The van der Waals surface area contributed by atoms with Crippen LogP contribution in [0.2, 0.25) is 0 Å². The van der Waals surface area contributed by atoms with E-state index in [1.807, 2.05) is 24.3 Å². The number of esters is 1. The molecule has 100 valence electrons. The molecule has 0 aliphatic heterocycles. The first-order valence-corrected chi connectivity index (χ1v) is 6.03. The predicted octanol–water partition coefficient (Wildman–Crippen LogP) is 3.03. The fraction of sp³-hybridized carbons (Fsp3) is 0.267. The summed E-state index contributed by atoms with van der Waals surface area (Å²) in [4.78, 5) is 11.9. The number of hydrogen-bond acceptors (Lipinski definition) is 4. The second-order valence-electron chi connectivity index (χ2n) is 3.95. The summed E-state index contributed by atoms with van der Waals surface area (Å²) in [5, 5.41) is 1.80. The highest BCUT2D eigenvalue weighted by Gasteiger charge is 2.16. The molecule has 4 nitrogen and oxygen atoms in total. The summed E-state index contributed by atoms with van der Waals surface area (Å²) in [5.41, 5.74) is 0.432. The molecule has 0 atom stereocenters. The largest absolute Gasteiger partial charge is 0.497 e. The zero-order valence-electron chi connectivity index (χ0n) is 11.2. The lowest BCUT2D eigenvalue weighted by atomic mass is 10.0. The van der Waals surface area contributed by atoms with Gasteiger partial charge in [0.15, 0.2) is 0 Å². The Balaban J connectivity index is 2.59. The Kier molecular flexibility index (Phi) is 3.90. The van der Waals surface area contributed by atoms with Gasteiger partial charge in [-0.15, -0.1) is 0 Å². The van der Waals surface area contributed by atoms with Crippen LogP contribution in [0.15, 0.2) is 30.3 Å². The van der Waals surface area contributed by atoms with E-state index in [0.29, 0.717) is 17.9 Å². The molecule has 0 radical (unpaired) electrons. The van der Waals surface area contributed by atoms with Gasteiger partial charge in [-0.3, -0.25) is 0 Å². The van der Waals surface area contributed by atoms with Crippen LogP contribution in [0.4, 0.5) is 0 Å². The summed E-state index contributed by atoms with van der Waals surface area (Å²) in [7, 11) is 3.16. The van der Waals surface area contributed by atoms with Gasteiger partial charge in [-0.1, -0.05) is 6.07 Å². The third kappa shape index (κ3) is 2.47. The van der Waals surface area contributed by atoms with Gasteiger partial charge in [0, 0.05) is 5.39 Å². The van der Waals surface area contributed by atoms with Crippen molar-refractivity contribution in [2.75, 3.05) is 20.8 Å². The summed E-state index contributed by atoms with van der Waals surface area (Å²) < 4.78 is 15.6. The Bertz CT molecular complexity index is 604. The van der Waals surface area contributed by atoms with E-state index in [1.165, 1.54) is 0 Å². The third-order valence-electron chi connectivity index (χ3n) is 2.88. The number of rotatable bonds is 4. The average Bonchev–Trinajstić information content (AvgIpc) is 2.45. The Morgan fingerprint density at radius 2 is 1.89 bits per heavy atom. The number of benzene rings is 2. The summed E-state index contributed by atoms with van der Waals surface area (Å²) in [6.07, 6.45) is 0. The van der Waals surface area contributed by atoms with Crippen molar-refractivity contribution in [3.63, 3.8) is 0 Å². The Labute approximate surface area is 111 Å². The SMILES string of the molecule is CCOC(=O)c1ccc2cc(OC)ccc2c1OC. The van der Waals surface area contributed by atoms with Gasteiger partial charge in [0.05, 0.1) is 20.8 Å². The van der Waals surface area contributed by atoms with Gasteiger partial charge in [-0.2, -0.15) is 0 Å². The van der Waals surface area contributed by atoms with E-state index in [0.717, 1.165) is 16.5 Å². The van der Waals surface area contributed by atoms with Crippen molar-refractivity contribution < 1.29 is 19.0 Å². The highest BCUT2D eigenvalue weighted by atomic mass is 16.5. The minimum atomic E-state index is -0.378. The second kappa shape index (κ2) is 5.61. The monoisotopic (exact) mass is 260 g/mol. The normalized spacial score (nSPS) is 10.3. The van der Waals surface area contributed by atoms with Gasteiger partial charge >= 0.3 is 5.97 Å². The maximum Gasteiger partial charge on any atom is 0.341 e. The van der Waals surface area contributed by atoms with E-state index in [2.05, 4.69) is 0 Å². The molecular weight excluding hydrogens is 244 g/mol. The van der Waals surface area contributed by atoms with Crippen molar-refractivity contribution in [3.05, 3.63) is 35.9 Å². The smallest absolute Gasteiger partial charge is 0.341 e. The first kappa shape index (κ1) is 13.2. The van der Waals surface area contributed by atoms with Crippen LogP contribution >= 0.6 is 0 Å². The maximum atomic E-state index is 11.9. The molecule has 0 aliphatic carbocycles. The van der Waals surface area contributed by atoms with Crippen molar-refractivity contribution in [1.82, 2.24) is 0 Å². The Morgan fingerprint density at radius 3 is 2.53 bits per heavy atom. The molecule has 0 aromatic heterocycles. The number of hydrogen-bond donors (Lipinski definition) is 0. The molecule has 0 heterocycles. The van der Waals surface area contributed by atoms with Crippen LogP contribution in [-0.2, 0) is 4.74 Å². The van der Waals surface area contributed by atoms with Crippen molar-refractivity contribution in [3.8, 4) is 11.5 Å². The molecule has 2 aromatic rings. The molecule has 2 aromatic carbocycles. The van der Waals surface area contributed by atoms with Crippen LogP contribution in [0.3, 0.4) is 0 Å². The predicted molar refractivity (Wildman–Crippen MR) is 73.0 cm³/mol. The minimum absolute atomic E-state index is 0.336. The molecule has 0 N–H and O–H groups in total. The number of fused-ring (bicyclic) bond motifs is 1. The lowest BCUT2D eigenvalue weighted by molar-refractivity contribution is 0.0523. The highest BCUT2D eigenvalue weighted by molar-refractivity contribution is 6.01. The van der Waals surface area contributed by atoms with Gasteiger partial charge < -0.3 is 14.2 Å². The van der Waals surface area contributed by atoms with Gasteiger partial charge in [0.25, 0.3) is 0 Å². The molecule has 19 heavy (non-hydrogen) atoms. The van der Waals surface area contributed by atoms with Crippen LogP contribution in [-0.4, -0.2) is 26.8 Å². The average molecular weight is 260 g/mol. The molecule has 0 aliphatic rings. The van der Waals surface area contributed by atoms with Crippen LogP contribution in [0.1, 0.15) is 17.3 Å². The van der Waals surface area contributed by atoms with Crippen molar-refractivity contribution >= 4 is 16.7 Å². The van der Waals surface area contributed by atoms with E-state index < -0.39 is 0 Å². The number of methoxy groups -OCH3 is 2. The molecule has 4 heteroatoms. The van der Waals surface area contributed by atoms with Gasteiger partial charge in [0.1, 0.15) is 17.1 Å². The van der Waals surface area contributed by atoms with Crippen LogP contribution < -0.4 is 9.47 Å². The van der Waals surface area contributed by atoms with E-state index in [9.17, 15) is 4.79 Å². The molecule has 0 amide bonds. The van der Waals surface area contributed by atoms with E-state index in [1.54, 1.807) is 27.2 Å². The molecule has 0 spiro atoms. The highest BCUT2D eigenvalue weighted by Crippen LogP contribution is 2.32. The van der Waals surface area contributed by atoms with Crippen LogP contribution in [0.25, 0.3) is 10.8 Å². The molecular formula is C15H16O4. The summed E-state index contributed by atoms with van der Waals surface area (Å²) in [6, 6.07) is 9.16. The fourth-order valence-corrected chi connectivity index (χ4v) is 2.00. The van der Waals surface area contributed by atoms with Crippen molar-refractivity contribution in [2.24, 2.45) is 0 Å². The first-order valence-electron chi connectivity index (χ1n) is 6.03. The van der Waals surface area contributed by atoms with Crippen LogP contribution in [0.5, 0.6) is 11.5 Å². The van der Waals surface area contributed by atoms with Crippen molar-refractivity contribution in [2.45, 2.75) is 6.92 Å². The summed E-state index contributed by atoms with van der Waals surface area (Å²) in [5.74, 6) is 0.911. The number of carbonyl (C=O) groups is 1. The number of ether oxygens (including phenoxy) is 3. The van der Waals surface area contributed by atoms with Crippen molar-refractivity contribution in [1.29, 1.82) is 0 Å². The molecule has 0 saturated carbocycles. The second-order valence-corrected chi connectivity index (χ2v) is 3.95. The third-order valence-corrected chi connectivity index (χ3v) is 2.88. The molecule has 2 rings (SSSR count). The zero-order chi connectivity index (χ0) is 13.8. The first-order chi connectivity index (χ1) is 9.21. The minimum Gasteiger partial charge on any atom is -0.497 e. The number of carbonyl (C=O) groups excluding carboxylic acids is 1. The van der Waals surface area contributed by atoms with Gasteiger partial charge in [-0.05, 0) is 36.6 Å². The topological polar surface area (TPSA) is 44.8 Å². The fourth-order valence-electron chi connectivity index (χ4n) is 2.00. The Morgan fingerprint density at radius 1 is 1.11 bits per heavy atom. The maximum absolute atomic E-state index is 11.9. The quantitative estimate of drug-likeness (QED) is 0.793.